The van der Waals surface area contributed by atoms with Gasteiger partial charge in [0.2, 0.25) is 0 Å². The molecule has 1 amide bonds. The Kier molecular flexibility index (Phi) is 3.00. The number of nitrogens with one attached hydrogen (secondary N) is 1. The molecule has 1 aromatic heterocycles. The van der Waals surface area contributed by atoms with Crippen LogP contribution in [0.15, 0.2) is 36.5 Å². The van der Waals surface area contributed by atoms with Crippen LogP contribution in [0.4, 0.5) is 4.79 Å². The number of pyridine rings is 1. The number of aromatic nitrogens is 1. The van der Waals surface area contributed by atoms with Crippen molar-refractivity contribution in [3.05, 3.63) is 36.5 Å². The second-order valence-corrected chi connectivity index (χ2v) is 3.25. The summed E-state index contributed by atoms with van der Waals surface area (Å²) >= 11 is 0. The topological polar surface area (TPSA) is 51.2 Å². The number of hydrogen-bond donors (Lipinski definition) is 1. The average molecular weight is 216 g/mol. The summed E-state index contributed by atoms with van der Waals surface area (Å²) in [6, 6.07) is 9.25. The third kappa shape index (κ3) is 2.11. The molecule has 0 saturated carbocycles. The molecule has 2 rings (SSSR count). The highest BCUT2D eigenvalue weighted by molar-refractivity contribution is 5.86. The van der Waals surface area contributed by atoms with Crippen LogP contribution in [0.25, 0.3) is 10.9 Å². The average Bonchev–Trinajstić information content (AvgIpc) is 2.30. The van der Waals surface area contributed by atoms with E-state index in [2.05, 4.69) is 10.3 Å². The fourth-order valence-electron chi connectivity index (χ4n) is 1.44. The van der Waals surface area contributed by atoms with E-state index in [1.807, 2.05) is 31.2 Å². The number of ether oxygens (including phenoxy) is 1. The molecule has 0 fully saturated rings. The molecular formula is C12H12N2O2. The Labute approximate surface area is 93.3 Å². The summed E-state index contributed by atoms with van der Waals surface area (Å²) in [4.78, 5) is 15.5. The third-order valence-electron chi connectivity index (χ3n) is 2.12. The quantitative estimate of drug-likeness (QED) is 0.838. The maximum absolute atomic E-state index is 11.3. The van der Waals surface area contributed by atoms with Crippen LogP contribution in [-0.2, 0) is 0 Å². The van der Waals surface area contributed by atoms with Gasteiger partial charge >= 0.3 is 6.09 Å². The molecule has 1 heterocycles. The molecule has 0 aliphatic carbocycles. The molecule has 0 unspecified atom stereocenters. The third-order valence-corrected chi connectivity index (χ3v) is 2.12. The van der Waals surface area contributed by atoms with Gasteiger partial charge in [0.25, 0.3) is 0 Å². The van der Waals surface area contributed by atoms with Crippen LogP contribution in [0.3, 0.4) is 0 Å². The molecule has 2 aromatic rings. The van der Waals surface area contributed by atoms with E-state index >= 15 is 0 Å². The largest absolute Gasteiger partial charge is 0.412 e. The van der Waals surface area contributed by atoms with Gasteiger partial charge in [-0.3, -0.25) is 4.98 Å². The van der Waals surface area contributed by atoms with Crippen molar-refractivity contribution in [1.82, 2.24) is 10.3 Å². The normalized spacial score (nSPS) is 10.1. The molecule has 0 saturated heterocycles. The lowest BCUT2D eigenvalue weighted by atomic mass is 10.2. The van der Waals surface area contributed by atoms with Crippen molar-refractivity contribution in [2.24, 2.45) is 0 Å². The van der Waals surface area contributed by atoms with Crippen molar-refractivity contribution in [2.75, 3.05) is 6.54 Å². The van der Waals surface area contributed by atoms with Gasteiger partial charge in [-0.2, -0.15) is 0 Å². The molecule has 0 radical (unpaired) electrons. The number of para-hydroxylation sites is 1. The maximum atomic E-state index is 11.3. The Morgan fingerprint density at radius 3 is 3.00 bits per heavy atom. The summed E-state index contributed by atoms with van der Waals surface area (Å²) in [6.45, 7) is 2.37. The minimum absolute atomic E-state index is 0.458. The zero-order valence-corrected chi connectivity index (χ0v) is 8.93. The van der Waals surface area contributed by atoms with Crippen LogP contribution in [0.2, 0.25) is 0 Å². The number of carbonyl (C=O) groups is 1. The molecule has 0 atom stereocenters. The highest BCUT2D eigenvalue weighted by Gasteiger charge is 2.06. The lowest BCUT2D eigenvalue weighted by Crippen LogP contribution is -2.26. The van der Waals surface area contributed by atoms with Crippen LogP contribution < -0.4 is 10.1 Å². The van der Waals surface area contributed by atoms with Gasteiger partial charge < -0.3 is 10.1 Å². The first-order valence-corrected chi connectivity index (χ1v) is 5.10. The molecule has 0 spiro atoms. The molecule has 82 valence electrons. The van der Waals surface area contributed by atoms with Crippen molar-refractivity contribution in [2.45, 2.75) is 6.92 Å². The summed E-state index contributed by atoms with van der Waals surface area (Å²) in [7, 11) is 0. The number of hydrogen-bond acceptors (Lipinski definition) is 3. The van der Waals surface area contributed by atoms with Crippen molar-refractivity contribution < 1.29 is 9.53 Å². The first-order valence-electron chi connectivity index (χ1n) is 5.10. The Morgan fingerprint density at radius 1 is 1.38 bits per heavy atom. The zero-order chi connectivity index (χ0) is 11.4. The van der Waals surface area contributed by atoms with Gasteiger partial charge in [-0.15, -0.1) is 0 Å². The van der Waals surface area contributed by atoms with Gasteiger partial charge in [-0.05, 0) is 19.1 Å². The molecule has 1 N–H and O–H groups in total. The van der Waals surface area contributed by atoms with Gasteiger partial charge in [0.05, 0.1) is 0 Å². The summed E-state index contributed by atoms with van der Waals surface area (Å²) in [5, 5.41) is 3.52. The Balaban J connectivity index is 2.33. The first kappa shape index (κ1) is 10.4. The van der Waals surface area contributed by atoms with E-state index in [-0.39, 0.29) is 0 Å². The zero-order valence-electron chi connectivity index (χ0n) is 8.93. The number of carbonyl (C=O) groups excluding carboxylic acids is 1. The Bertz CT molecular complexity index is 506. The second-order valence-electron chi connectivity index (χ2n) is 3.25. The molecule has 0 bridgehead atoms. The van der Waals surface area contributed by atoms with Crippen molar-refractivity contribution in [3.63, 3.8) is 0 Å². The van der Waals surface area contributed by atoms with E-state index < -0.39 is 6.09 Å². The summed E-state index contributed by atoms with van der Waals surface area (Å²) in [5.41, 5.74) is 0.691. The summed E-state index contributed by atoms with van der Waals surface area (Å²) < 4.78 is 5.16. The number of benzene rings is 1. The van der Waals surface area contributed by atoms with Crippen molar-refractivity contribution in [3.8, 4) is 5.75 Å². The highest BCUT2D eigenvalue weighted by atomic mass is 16.6. The van der Waals surface area contributed by atoms with Crippen LogP contribution in [0.1, 0.15) is 6.92 Å². The summed E-state index contributed by atoms with van der Waals surface area (Å²) in [5.74, 6) is 0.476. The molecular weight excluding hydrogens is 204 g/mol. The Hall–Kier alpha value is -2.10. The molecule has 0 aliphatic rings. The van der Waals surface area contributed by atoms with E-state index in [4.69, 9.17) is 4.74 Å². The first-order chi connectivity index (χ1) is 7.81. The van der Waals surface area contributed by atoms with Crippen molar-refractivity contribution in [1.29, 1.82) is 0 Å². The molecule has 0 aliphatic heterocycles. The summed E-state index contributed by atoms with van der Waals surface area (Å²) in [6.07, 6.45) is 1.22. The minimum Gasteiger partial charge on any atom is -0.408 e. The minimum atomic E-state index is -0.458. The fraction of sp³-hybridized carbons (Fsp3) is 0.167. The predicted octanol–water partition coefficient (Wildman–Crippen LogP) is 2.34. The number of amides is 1. The lowest BCUT2D eigenvalue weighted by Gasteiger charge is -2.06. The molecule has 16 heavy (non-hydrogen) atoms. The van der Waals surface area contributed by atoms with Gasteiger partial charge in [0.15, 0.2) is 5.75 Å². The molecule has 4 nitrogen and oxygen atoms in total. The van der Waals surface area contributed by atoms with E-state index in [1.165, 1.54) is 0 Å². The number of fused-ring (bicyclic) bond motifs is 1. The van der Waals surface area contributed by atoms with Crippen LogP contribution >= 0.6 is 0 Å². The van der Waals surface area contributed by atoms with Gasteiger partial charge in [0.1, 0.15) is 5.52 Å². The SMILES string of the molecule is CCNC(=O)Oc1cccc2cccnc12. The Morgan fingerprint density at radius 2 is 2.19 bits per heavy atom. The van der Waals surface area contributed by atoms with E-state index in [0.717, 1.165) is 5.39 Å². The monoisotopic (exact) mass is 216 g/mol. The van der Waals surface area contributed by atoms with Gasteiger partial charge in [-0.1, -0.05) is 18.2 Å². The van der Waals surface area contributed by atoms with Gasteiger partial charge in [0, 0.05) is 18.1 Å². The second kappa shape index (κ2) is 4.61. The smallest absolute Gasteiger partial charge is 0.408 e. The van der Waals surface area contributed by atoms with Crippen molar-refractivity contribution >= 4 is 17.0 Å². The fourth-order valence-corrected chi connectivity index (χ4v) is 1.44. The van der Waals surface area contributed by atoms with Gasteiger partial charge in [-0.25, -0.2) is 4.79 Å². The van der Waals surface area contributed by atoms with E-state index in [1.54, 1.807) is 12.3 Å². The predicted molar refractivity (Wildman–Crippen MR) is 61.4 cm³/mol. The van der Waals surface area contributed by atoms with Crippen LogP contribution in [-0.4, -0.2) is 17.6 Å². The van der Waals surface area contributed by atoms with Crippen LogP contribution in [0, 0.1) is 0 Å². The van der Waals surface area contributed by atoms with Crippen LogP contribution in [0.5, 0.6) is 5.75 Å². The molecule has 1 aromatic carbocycles. The standard InChI is InChI=1S/C12H12N2O2/c1-2-13-12(15)16-10-7-3-5-9-6-4-8-14-11(9)10/h3-8H,2H2,1H3,(H,13,15). The highest BCUT2D eigenvalue weighted by Crippen LogP contribution is 2.22. The van der Waals surface area contributed by atoms with E-state index in [0.29, 0.717) is 17.8 Å². The maximum Gasteiger partial charge on any atom is 0.412 e. The lowest BCUT2D eigenvalue weighted by molar-refractivity contribution is 0.201. The number of rotatable bonds is 2. The molecule has 4 heteroatoms. The van der Waals surface area contributed by atoms with E-state index in [9.17, 15) is 4.79 Å². The number of nitrogens with zero attached hydrogens (tertiary/aromatic N) is 1.